The lowest BCUT2D eigenvalue weighted by Crippen LogP contribution is -2.13. The number of hydrogen-bond donors (Lipinski definition) is 2. The van der Waals surface area contributed by atoms with Gasteiger partial charge < -0.3 is 10.6 Å². The van der Waals surface area contributed by atoms with Gasteiger partial charge in [-0.05, 0) is 47.9 Å². The third-order valence-electron chi connectivity index (χ3n) is 3.89. The van der Waals surface area contributed by atoms with Crippen molar-refractivity contribution in [2.75, 3.05) is 10.6 Å². The Morgan fingerprint density at radius 1 is 0.880 bits per heavy atom. The average Bonchev–Trinajstić information content (AvgIpc) is 2.63. The number of rotatable bonds is 5. The Balaban J connectivity index is 1.71. The molecule has 2 aromatic carbocycles. The van der Waals surface area contributed by atoms with Crippen LogP contribution in [0.15, 0.2) is 72.9 Å². The van der Waals surface area contributed by atoms with Crippen molar-refractivity contribution in [1.82, 2.24) is 4.98 Å². The minimum Gasteiger partial charge on any atom is -0.355 e. The third-order valence-corrected chi connectivity index (χ3v) is 3.89. The van der Waals surface area contributed by atoms with E-state index in [4.69, 9.17) is 0 Å². The monoisotopic (exact) mass is 331 g/mol. The molecule has 4 nitrogen and oxygen atoms in total. The Morgan fingerprint density at radius 3 is 2.28 bits per heavy atom. The van der Waals surface area contributed by atoms with Crippen molar-refractivity contribution >= 4 is 23.0 Å². The molecule has 0 bridgehead atoms. The minimum atomic E-state index is -0.231. The van der Waals surface area contributed by atoms with E-state index in [-0.39, 0.29) is 5.91 Å². The van der Waals surface area contributed by atoms with E-state index in [2.05, 4.69) is 41.6 Å². The summed E-state index contributed by atoms with van der Waals surface area (Å²) in [4.78, 5) is 16.5. The summed E-state index contributed by atoms with van der Waals surface area (Å²) in [5.74, 6) is 0.272. The molecule has 25 heavy (non-hydrogen) atoms. The molecular formula is C21H21N3O. The fourth-order valence-electron chi connectivity index (χ4n) is 2.47. The molecule has 0 aliphatic carbocycles. The predicted octanol–water partition coefficient (Wildman–Crippen LogP) is 5.20. The van der Waals surface area contributed by atoms with Crippen molar-refractivity contribution in [1.29, 1.82) is 0 Å². The number of nitrogens with zero attached hydrogens (tertiary/aromatic N) is 1. The normalized spacial score (nSPS) is 10.5. The van der Waals surface area contributed by atoms with Crippen LogP contribution in [0.1, 0.15) is 35.8 Å². The van der Waals surface area contributed by atoms with Crippen LogP contribution in [0.4, 0.5) is 17.1 Å². The second kappa shape index (κ2) is 7.62. The molecule has 4 heteroatoms. The van der Waals surface area contributed by atoms with Crippen molar-refractivity contribution in [3.8, 4) is 0 Å². The average molecular weight is 331 g/mol. The fourth-order valence-corrected chi connectivity index (χ4v) is 2.47. The predicted molar refractivity (Wildman–Crippen MR) is 102 cm³/mol. The minimum absolute atomic E-state index is 0.231. The Morgan fingerprint density at radius 2 is 1.60 bits per heavy atom. The van der Waals surface area contributed by atoms with Gasteiger partial charge in [-0.2, -0.15) is 0 Å². The zero-order chi connectivity index (χ0) is 17.6. The van der Waals surface area contributed by atoms with Gasteiger partial charge in [0.25, 0.3) is 5.91 Å². The molecule has 1 aromatic heterocycles. The maximum absolute atomic E-state index is 12.3. The number of hydrogen-bond acceptors (Lipinski definition) is 3. The second-order valence-corrected chi connectivity index (χ2v) is 6.15. The van der Waals surface area contributed by atoms with Gasteiger partial charge in [0.05, 0.1) is 0 Å². The van der Waals surface area contributed by atoms with Gasteiger partial charge in [-0.1, -0.05) is 44.2 Å². The van der Waals surface area contributed by atoms with Gasteiger partial charge in [0.15, 0.2) is 0 Å². The van der Waals surface area contributed by atoms with Gasteiger partial charge >= 0.3 is 0 Å². The van der Waals surface area contributed by atoms with E-state index < -0.39 is 0 Å². The molecule has 3 aromatic rings. The number of nitrogens with one attached hydrogen (secondary N) is 2. The van der Waals surface area contributed by atoms with Crippen LogP contribution in [0.2, 0.25) is 0 Å². The standard InChI is InChI=1S/C21H21N3O/c1-15(2)16-8-10-18(11-9-16)23-19-12-13-22-20(14-19)21(25)24-17-6-4-3-5-7-17/h3-15H,1-2H3,(H,22,23)(H,24,25). The lowest BCUT2D eigenvalue weighted by atomic mass is 10.0. The highest BCUT2D eigenvalue weighted by molar-refractivity contribution is 6.03. The van der Waals surface area contributed by atoms with E-state index in [0.717, 1.165) is 17.1 Å². The molecule has 0 atom stereocenters. The van der Waals surface area contributed by atoms with Crippen molar-refractivity contribution in [2.45, 2.75) is 19.8 Å². The van der Waals surface area contributed by atoms with Crippen LogP contribution in [-0.4, -0.2) is 10.9 Å². The van der Waals surface area contributed by atoms with Gasteiger partial charge in [0.1, 0.15) is 5.69 Å². The number of benzene rings is 2. The van der Waals surface area contributed by atoms with Gasteiger partial charge in [-0.15, -0.1) is 0 Å². The number of para-hydroxylation sites is 1. The Labute approximate surface area is 147 Å². The topological polar surface area (TPSA) is 54.0 Å². The first-order valence-corrected chi connectivity index (χ1v) is 8.31. The number of pyridine rings is 1. The van der Waals surface area contributed by atoms with E-state index in [1.807, 2.05) is 48.5 Å². The van der Waals surface area contributed by atoms with Crippen molar-refractivity contribution in [3.63, 3.8) is 0 Å². The van der Waals surface area contributed by atoms with Crippen LogP contribution < -0.4 is 10.6 Å². The molecule has 126 valence electrons. The summed E-state index contributed by atoms with van der Waals surface area (Å²) >= 11 is 0. The highest BCUT2D eigenvalue weighted by Crippen LogP contribution is 2.21. The van der Waals surface area contributed by atoms with E-state index in [1.54, 1.807) is 12.3 Å². The number of aromatic nitrogens is 1. The summed E-state index contributed by atoms with van der Waals surface area (Å²) in [5, 5.41) is 6.15. The van der Waals surface area contributed by atoms with Crippen LogP contribution >= 0.6 is 0 Å². The van der Waals surface area contributed by atoms with Gasteiger partial charge in [-0.25, -0.2) is 0 Å². The quantitative estimate of drug-likeness (QED) is 0.675. The summed E-state index contributed by atoms with van der Waals surface area (Å²) in [6, 6.07) is 21.2. The number of carbonyl (C=O) groups excluding carboxylic acids is 1. The third kappa shape index (κ3) is 4.44. The Hall–Kier alpha value is -3.14. The maximum Gasteiger partial charge on any atom is 0.274 e. The van der Waals surface area contributed by atoms with E-state index >= 15 is 0 Å². The number of carbonyl (C=O) groups is 1. The van der Waals surface area contributed by atoms with Crippen LogP contribution in [0.3, 0.4) is 0 Å². The van der Waals surface area contributed by atoms with Gasteiger partial charge in [-0.3, -0.25) is 9.78 Å². The summed E-state index contributed by atoms with van der Waals surface area (Å²) in [7, 11) is 0. The highest BCUT2D eigenvalue weighted by atomic mass is 16.1. The molecule has 2 N–H and O–H groups in total. The molecule has 0 spiro atoms. The molecule has 0 radical (unpaired) electrons. The molecule has 1 amide bonds. The van der Waals surface area contributed by atoms with Crippen molar-refractivity contribution in [3.05, 3.63) is 84.2 Å². The van der Waals surface area contributed by atoms with E-state index in [0.29, 0.717) is 11.6 Å². The molecule has 0 fully saturated rings. The fraction of sp³-hybridized carbons (Fsp3) is 0.143. The van der Waals surface area contributed by atoms with Crippen LogP contribution in [0.25, 0.3) is 0 Å². The van der Waals surface area contributed by atoms with Crippen LogP contribution in [0, 0.1) is 0 Å². The number of anilines is 3. The molecule has 0 saturated heterocycles. The van der Waals surface area contributed by atoms with E-state index in [9.17, 15) is 4.79 Å². The maximum atomic E-state index is 12.3. The molecule has 0 unspecified atom stereocenters. The molecule has 0 aliphatic rings. The first kappa shape index (κ1) is 16.7. The molecule has 3 rings (SSSR count). The Kier molecular flexibility index (Phi) is 5.09. The highest BCUT2D eigenvalue weighted by Gasteiger charge is 2.08. The molecular weight excluding hydrogens is 310 g/mol. The van der Waals surface area contributed by atoms with E-state index in [1.165, 1.54) is 5.56 Å². The summed E-state index contributed by atoms with van der Waals surface area (Å²) < 4.78 is 0. The van der Waals surface area contributed by atoms with Gasteiger partial charge in [0.2, 0.25) is 0 Å². The second-order valence-electron chi connectivity index (χ2n) is 6.15. The van der Waals surface area contributed by atoms with Gasteiger partial charge in [0, 0.05) is 23.3 Å². The smallest absolute Gasteiger partial charge is 0.274 e. The zero-order valence-electron chi connectivity index (χ0n) is 14.4. The first-order chi connectivity index (χ1) is 12.1. The zero-order valence-corrected chi connectivity index (χ0v) is 14.4. The molecule has 0 saturated carbocycles. The first-order valence-electron chi connectivity index (χ1n) is 8.31. The largest absolute Gasteiger partial charge is 0.355 e. The molecule has 1 heterocycles. The lowest BCUT2D eigenvalue weighted by Gasteiger charge is -2.10. The van der Waals surface area contributed by atoms with Crippen molar-refractivity contribution in [2.24, 2.45) is 0 Å². The molecule has 0 aliphatic heterocycles. The van der Waals surface area contributed by atoms with Crippen LogP contribution in [-0.2, 0) is 0 Å². The van der Waals surface area contributed by atoms with Crippen LogP contribution in [0.5, 0.6) is 0 Å². The number of amides is 1. The SMILES string of the molecule is CC(C)c1ccc(Nc2ccnc(C(=O)Nc3ccccc3)c2)cc1. The lowest BCUT2D eigenvalue weighted by molar-refractivity contribution is 0.102. The summed E-state index contributed by atoms with van der Waals surface area (Å²) in [6.45, 7) is 4.34. The summed E-state index contributed by atoms with van der Waals surface area (Å²) in [5.41, 5.74) is 4.21. The van der Waals surface area contributed by atoms with Crippen molar-refractivity contribution < 1.29 is 4.79 Å². The summed E-state index contributed by atoms with van der Waals surface area (Å²) in [6.07, 6.45) is 1.63. The Bertz CT molecular complexity index is 843.